The molecule has 32 heavy (non-hydrogen) atoms. The number of ether oxygens (including phenoxy) is 1. The number of fused-ring (bicyclic) bond motifs is 1. The molecule has 4 rings (SSSR count). The number of aromatic nitrogens is 4. The maximum absolute atomic E-state index is 12.8. The summed E-state index contributed by atoms with van der Waals surface area (Å²) in [6.07, 6.45) is 5.19. The standard InChI is InChI=1S/C23H21N5O3S/c1-2-10-28-22(30)19-8-7-16(14-20(19)26-23(28)32)21(29)25-17-5-3-6-18(15-17)31-13-12-27-11-4-9-24-27/h2-9,11,14-15H,1,10,12-13H2,(H,25,29)(H,26,32). The van der Waals surface area contributed by atoms with Gasteiger partial charge in [-0.3, -0.25) is 18.8 Å². The van der Waals surface area contributed by atoms with E-state index in [2.05, 4.69) is 22.0 Å². The van der Waals surface area contributed by atoms with Crippen LogP contribution in [0, 0.1) is 4.77 Å². The Morgan fingerprint density at radius 2 is 2.12 bits per heavy atom. The van der Waals surface area contributed by atoms with Crippen LogP contribution in [-0.2, 0) is 13.1 Å². The van der Waals surface area contributed by atoms with E-state index in [1.54, 1.807) is 53.4 Å². The SMILES string of the molecule is C=CCn1c(=S)[nH]c2cc(C(=O)Nc3cccc(OCCn4cccn4)c3)ccc2c1=O. The number of carbonyl (C=O) groups excluding carboxylic acids is 1. The van der Waals surface area contributed by atoms with Gasteiger partial charge in [0.15, 0.2) is 4.77 Å². The summed E-state index contributed by atoms with van der Waals surface area (Å²) in [5.74, 6) is 0.329. The maximum atomic E-state index is 12.8. The van der Waals surface area contributed by atoms with E-state index in [0.29, 0.717) is 47.6 Å². The molecule has 2 N–H and O–H groups in total. The van der Waals surface area contributed by atoms with E-state index in [0.717, 1.165) is 0 Å². The first-order chi connectivity index (χ1) is 15.5. The molecule has 9 heteroatoms. The van der Waals surface area contributed by atoms with Gasteiger partial charge in [-0.05, 0) is 48.6 Å². The molecule has 0 atom stereocenters. The molecule has 2 heterocycles. The summed E-state index contributed by atoms with van der Waals surface area (Å²) in [5, 5.41) is 7.43. The van der Waals surface area contributed by atoms with Crippen LogP contribution in [-0.4, -0.2) is 31.8 Å². The number of carbonyl (C=O) groups is 1. The summed E-state index contributed by atoms with van der Waals surface area (Å²) in [4.78, 5) is 28.4. The van der Waals surface area contributed by atoms with Crippen LogP contribution in [0.2, 0.25) is 0 Å². The van der Waals surface area contributed by atoms with Crippen LogP contribution in [0.4, 0.5) is 5.69 Å². The summed E-state index contributed by atoms with van der Waals surface area (Å²) in [5.41, 5.74) is 1.27. The molecule has 0 spiro atoms. The Hall–Kier alpha value is -3.98. The minimum Gasteiger partial charge on any atom is -0.492 e. The number of nitrogens with one attached hydrogen (secondary N) is 2. The highest BCUT2D eigenvalue weighted by Crippen LogP contribution is 2.19. The van der Waals surface area contributed by atoms with Crippen molar-refractivity contribution in [3.63, 3.8) is 0 Å². The number of nitrogens with zero attached hydrogens (tertiary/aromatic N) is 3. The van der Waals surface area contributed by atoms with Gasteiger partial charge in [-0.15, -0.1) is 6.58 Å². The van der Waals surface area contributed by atoms with Gasteiger partial charge >= 0.3 is 0 Å². The number of amides is 1. The van der Waals surface area contributed by atoms with Gasteiger partial charge in [0.1, 0.15) is 12.4 Å². The lowest BCUT2D eigenvalue weighted by molar-refractivity contribution is 0.102. The second-order valence-electron chi connectivity index (χ2n) is 6.99. The summed E-state index contributed by atoms with van der Waals surface area (Å²) in [7, 11) is 0. The highest BCUT2D eigenvalue weighted by Gasteiger charge is 2.11. The van der Waals surface area contributed by atoms with Crippen LogP contribution < -0.4 is 15.6 Å². The third-order valence-corrected chi connectivity index (χ3v) is 5.12. The fourth-order valence-electron chi connectivity index (χ4n) is 3.25. The molecule has 4 aromatic rings. The zero-order valence-electron chi connectivity index (χ0n) is 17.2. The van der Waals surface area contributed by atoms with Gasteiger partial charge in [-0.1, -0.05) is 12.1 Å². The average molecular weight is 448 g/mol. The number of anilines is 1. The van der Waals surface area contributed by atoms with Crippen LogP contribution in [0.1, 0.15) is 10.4 Å². The number of aromatic amines is 1. The van der Waals surface area contributed by atoms with Crippen molar-refractivity contribution in [2.45, 2.75) is 13.1 Å². The first kappa shape index (κ1) is 21.3. The fourth-order valence-corrected chi connectivity index (χ4v) is 3.51. The van der Waals surface area contributed by atoms with Crippen molar-refractivity contribution in [1.29, 1.82) is 0 Å². The molecule has 0 saturated heterocycles. The van der Waals surface area contributed by atoms with Crippen molar-refractivity contribution in [2.24, 2.45) is 0 Å². The summed E-state index contributed by atoms with van der Waals surface area (Å²) >= 11 is 5.26. The summed E-state index contributed by atoms with van der Waals surface area (Å²) in [6.45, 7) is 5.03. The average Bonchev–Trinajstić information content (AvgIpc) is 3.30. The highest BCUT2D eigenvalue weighted by molar-refractivity contribution is 7.71. The van der Waals surface area contributed by atoms with Crippen LogP contribution in [0.5, 0.6) is 5.75 Å². The van der Waals surface area contributed by atoms with Gasteiger partial charge in [-0.2, -0.15) is 5.10 Å². The number of H-pyrrole nitrogens is 1. The zero-order valence-corrected chi connectivity index (χ0v) is 18.0. The lowest BCUT2D eigenvalue weighted by atomic mass is 10.1. The Bertz CT molecular complexity index is 1390. The Morgan fingerprint density at radius 1 is 1.25 bits per heavy atom. The second-order valence-corrected chi connectivity index (χ2v) is 7.38. The Balaban J connectivity index is 1.48. The summed E-state index contributed by atoms with van der Waals surface area (Å²) < 4.78 is 9.23. The molecule has 2 aromatic carbocycles. The smallest absolute Gasteiger partial charge is 0.262 e. The lowest BCUT2D eigenvalue weighted by Gasteiger charge is -2.10. The topological polar surface area (TPSA) is 93.9 Å². The van der Waals surface area contributed by atoms with E-state index < -0.39 is 0 Å². The van der Waals surface area contributed by atoms with Gasteiger partial charge in [0.05, 0.1) is 17.4 Å². The molecular formula is C23H21N5O3S. The van der Waals surface area contributed by atoms with E-state index in [1.807, 2.05) is 18.3 Å². The second kappa shape index (κ2) is 9.44. The zero-order chi connectivity index (χ0) is 22.5. The minimum atomic E-state index is -0.310. The number of benzene rings is 2. The molecule has 8 nitrogen and oxygen atoms in total. The number of rotatable bonds is 8. The molecule has 1 amide bonds. The van der Waals surface area contributed by atoms with E-state index in [1.165, 1.54) is 4.57 Å². The van der Waals surface area contributed by atoms with Crippen molar-refractivity contribution < 1.29 is 9.53 Å². The Morgan fingerprint density at radius 3 is 2.91 bits per heavy atom. The molecule has 0 saturated carbocycles. The Labute approximate surface area is 188 Å². The van der Waals surface area contributed by atoms with Gasteiger partial charge < -0.3 is 15.0 Å². The predicted octanol–water partition coefficient (Wildman–Crippen LogP) is 3.77. The molecule has 162 valence electrons. The van der Waals surface area contributed by atoms with E-state index in [-0.39, 0.29) is 16.2 Å². The van der Waals surface area contributed by atoms with E-state index in [9.17, 15) is 9.59 Å². The summed E-state index contributed by atoms with van der Waals surface area (Å²) in [6, 6.07) is 13.9. The normalized spacial score (nSPS) is 10.8. The Kier molecular flexibility index (Phi) is 6.27. The third-order valence-electron chi connectivity index (χ3n) is 4.80. The molecule has 0 aliphatic rings. The molecule has 2 aromatic heterocycles. The monoisotopic (exact) mass is 447 g/mol. The number of allylic oxidation sites excluding steroid dienone is 1. The predicted molar refractivity (Wildman–Crippen MR) is 126 cm³/mol. The lowest BCUT2D eigenvalue weighted by Crippen LogP contribution is -2.22. The maximum Gasteiger partial charge on any atom is 0.262 e. The minimum absolute atomic E-state index is 0.226. The van der Waals surface area contributed by atoms with Gasteiger partial charge in [0, 0.05) is 36.3 Å². The van der Waals surface area contributed by atoms with Gasteiger partial charge in [-0.25, -0.2) is 0 Å². The van der Waals surface area contributed by atoms with Crippen molar-refractivity contribution in [2.75, 3.05) is 11.9 Å². The number of hydrogen-bond acceptors (Lipinski definition) is 5. The van der Waals surface area contributed by atoms with Crippen LogP contribution in [0.3, 0.4) is 0 Å². The van der Waals surface area contributed by atoms with Crippen LogP contribution in [0.15, 0.2) is 78.4 Å². The van der Waals surface area contributed by atoms with Gasteiger partial charge in [0.2, 0.25) is 0 Å². The van der Waals surface area contributed by atoms with Crippen molar-refractivity contribution in [3.8, 4) is 5.75 Å². The molecule has 0 bridgehead atoms. The van der Waals surface area contributed by atoms with Crippen molar-refractivity contribution in [1.82, 2.24) is 19.3 Å². The molecule has 0 unspecified atom stereocenters. The molecular weight excluding hydrogens is 426 g/mol. The van der Waals surface area contributed by atoms with Crippen LogP contribution in [0.25, 0.3) is 10.9 Å². The largest absolute Gasteiger partial charge is 0.492 e. The fraction of sp³-hybridized carbons (Fsp3) is 0.130. The van der Waals surface area contributed by atoms with E-state index >= 15 is 0 Å². The first-order valence-corrected chi connectivity index (χ1v) is 10.4. The van der Waals surface area contributed by atoms with Crippen molar-refractivity contribution >= 4 is 34.7 Å². The number of hydrogen-bond donors (Lipinski definition) is 2. The quantitative estimate of drug-likeness (QED) is 0.317. The third kappa shape index (κ3) is 4.68. The molecule has 0 fully saturated rings. The van der Waals surface area contributed by atoms with E-state index in [4.69, 9.17) is 17.0 Å². The first-order valence-electron chi connectivity index (χ1n) is 9.94. The highest BCUT2D eigenvalue weighted by atomic mass is 32.1. The van der Waals surface area contributed by atoms with Gasteiger partial charge in [0.25, 0.3) is 11.5 Å². The molecule has 0 aliphatic heterocycles. The molecule has 0 radical (unpaired) electrons. The van der Waals surface area contributed by atoms with Crippen LogP contribution >= 0.6 is 12.2 Å². The molecule has 0 aliphatic carbocycles. The van der Waals surface area contributed by atoms with Crippen molar-refractivity contribution in [3.05, 3.63) is 94.3 Å².